The topological polar surface area (TPSA) is 12.4 Å². The van der Waals surface area contributed by atoms with E-state index < -0.39 is 0 Å². The van der Waals surface area contributed by atoms with Gasteiger partial charge in [-0.15, -0.1) is 11.6 Å². The van der Waals surface area contributed by atoms with E-state index in [-0.39, 0.29) is 5.54 Å². The molecule has 0 N–H and O–H groups in total. The van der Waals surface area contributed by atoms with E-state index in [1.54, 1.807) is 12.3 Å². The van der Waals surface area contributed by atoms with E-state index in [0.29, 0.717) is 10.9 Å². The Morgan fingerprint density at radius 3 is 2.36 bits per heavy atom. The molecule has 0 bridgehead atoms. The zero-order chi connectivity index (χ0) is 8.91. The highest BCUT2D eigenvalue weighted by atomic mass is 35.5. The molecule has 0 unspecified atom stereocenters. The van der Waals surface area contributed by atoms with Gasteiger partial charge in [0.05, 0.1) is 10.6 Å². The van der Waals surface area contributed by atoms with Crippen LogP contribution in [0.3, 0.4) is 0 Å². The zero-order valence-corrected chi connectivity index (χ0v) is 8.58. The molecular weight excluding hydrogens is 181 g/mol. The number of halogens is 2. The lowest BCUT2D eigenvalue weighted by Crippen LogP contribution is -2.09. The number of hydrogen-bond acceptors (Lipinski definition) is 1. The van der Waals surface area contributed by atoms with Crippen molar-refractivity contribution < 1.29 is 0 Å². The van der Waals surface area contributed by atoms with Gasteiger partial charge in [0.15, 0.2) is 0 Å². The van der Waals surface area contributed by atoms with E-state index in [2.05, 4.69) is 4.99 Å². The van der Waals surface area contributed by atoms with E-state index in [0.717, 1.165) is 0 Å². The van der Waals surface area contributed by atoms with E-state index in [9.17, 15) is 0 Å². The number of allylic oxidation sites excluding steroid dienone is 2. The normalized spacial score (nSPS) is 14.5. The molecule has 0 amide bonds. The molecule has 0 aliphatic rings. The molecule has 0 atom stereocenters. The predicted octanol–water partition coefficient (Wildman–Crippen LogP) is 3.22. The summed E-state index contributed by atoms with van der Waals surface area (Å²) in [5, 5.41) is 0.593. The monoisotopic (exact) mass is 193 g/mol. The van der Waals surface area contributed by atoms with Crippen molar-refractivity contribution in [3.8, 4) is 0 Å². The van der Waals surface area contributed by atoms with Gasteiger partial charge in [-0.2, -0.15) is 0 Å². The van der Waals surface area contributed by atoms with Crippen molar-refractivity contribution in [1.29, 1.82) is 0 Å². The Bertz CT molecular complexity index is 165. The summed E-state index contributed by atoms with van der Waals surface area (Å²) in [6.07, 6.45) is 3.34. The minimum Gasteiger partial charge on any atom is -0.286 e. The highest BCUT2D eigenvalue weighted by molar-refractivity contribution is 6.39. The fourth-order valence-electron chi connectivity index (χ4n) is 0.382. The Morgan fingerprint density at radius 1 is 1.45 bits per heavy atom. The maximum absolute atomic E-state index is 5.71. The quantitative estimate of drug-likeness (QED) is 0.472. The number of rotatable bonds is 2. The van der Waals surface area contributed by atoms with Crippen LogP contribution >= 0.6 is 23.2 Å². The van der Waals surface area contributed by atoms with Crippen LogP contribution in [0.25, 0.3) is 0 Å². The first kappa shape index (κ1) is 11.0. The molecule has 0 aromatic rings. The van der Waals surface area contributed by atoms with Crippen molar-refractivity contribution in [2.24, 2.45) is 4.99 Å². The lowest BCUT2D eigenvalue weighted by molar-refractivity contribution is 0.587. The van der Waals surface area contributed by atoms with Crippen molar-refractivity contribution >= 4 is 29.4 Å². The summed E-state index contributed by atoms with van der Waals surface area (Å²) in [5.41, 5.74) is -0.0692. The number of alkyl halides is 1. The van der Waals surface area contributed by atoms with Crippen LogP contribution in [0.1, 0.15) is 20.8 Å². The molecule has 0 aromatic carbocycles. The second kappa shape index (κ2) is 4.78. The predicted molar refractivity (Wildman–Crippen MR) is 52.9 cm³/mol. The molecule has 0 saturated heterocycles. The molecule has 11 heavy (non-hydrogen) atoms. The zero-order valence-electron chi connectivity index (χ0n) is 7.06. The minimum absolute atomic E-state index is 0.0692. The third-order valence-electron chi connectivity index (χ3n) is 0.847. The first-order chi connectivity index (χ1) is 4.95. The summed E-state index contributed by atoms with van der Waals surface area (Å²) in [6.45, 7) is 6.02. The fraction of sp³-hybridized carbons (Fsp3) is 0.625. The van der Waals surface area contributed by atoms with Crippen molar-refractivity contribution in [3.63, 3.8) is 0 Å². The molecule has 64 valence electrons. The number of nitrogens with zero attached hydrogens (tertiary/aromatic N) is 1. The summed E-state index contributed by atoms with van der Waals surface area (Å²) in [5.74, 6) is 0.426. The average molecular weight is 194 g/mol. The molecule has 0 radical (unpaired) electrons. The van der Waals surface area contributed by atoms with Crippen LogP contribution in [0.5, 0.6) is 0 Å². The van der Waals surface area contributed by atoms with Crippen molar-refractivity contribution in [2.75, 3.05) is 5.88 Å². The van der Waals surface area contributed by atoms with Crippen LogP contribution in [0.15, 0.2) is 16.1 Å². The molecule has 0 aromatic heterocycles. The average Bonchev–Trinajstić information content (AvgIpc) is 1.83. The van der Waals surface area contributed by atoms with Crippen LogP contribution in [-0.2, 0) is 0 Å². The number of hydrogen-bond donors (Lipinski definition) is 0. The molecule has 0 rings (SSSR count). The van der Waals surface area contributed by atoms with Crippen LogP contribution in [-0.4, -0.2) is 17.6 Å². The van der Waals surface area contributed by atoms with Gasteiger partial charge in [0.1, 0.15) is 0 Å². The van der Waals surface area contributed by atoms with Crippen LogP contribution in [0.2, 0.25) is 0 Å². The van der Waals surface area contributed by atoms with Gasteiger partial charge >= 0.3 is 0 Å². The molecule has 0 aliphatic heterocycles. The lowest BCUT2D eigenvalue weighted by atomic mass is 10.1. The van der Waals surface area contributed by atoms with Gasteiger partial charge in [-0.3, -0.25) is 4.99 Å². The summed E-state index contributed by atoms with van der Waals surface area (Å²) in [6, 6.07) is 0. The molecule has 3 heteroatoms. The van der Waals surface area contributed by atoms with Gasteiger partial charge in [0.2, 0.25) is 0 Å². The summed E-state index contributed by atoms with van der Waals surface area (Å²) in [7, 11) is 0. The van der Waals surface area contributed by atoms with Gasteiger partial charge in [0, 0.05) is 12.1 Å². The van der Waals surface area contributed by atoms with E-state index >= 15 is 0 Å². The van der Waals surface area contributed by atoms with Gasteiger partial charge in [0.25, 0.3) is 0 Å². The summed E-state index contributed by atoms with van der Waals surface area (Å²) < 4.78 is 0. The first-order valence-electron chi connectivity index (χ1n) is 3.42. The van der Waals surface area contributed by atoms with Crippen molar-refractivity contribution in [1.82, 2.24) is 0 Å². The van der Waals surface area contributed by atoms with Crippen LogP contribution in [0, 0.1) is 0 Å². The van der Waals surface area contributed by atoms with Gasteiger partial charge in [-0.1, -0.05) is 11.6 Å². The SMILES string of the molecule is CC(C)(C)N=C/C(Cl)=C/CCl. The second-order valence-corrected chi connectivity index (χ2v) is 3.92. The molecule has 0 spiro atoms. The molecule has 0 aliphatic carbocycles. The largest absolute Gasteiger partial charge is 0.286 e. The Hall–Kier alpha value is -0.0100. The standard InChI is InChI=1S/C8H13Cl2N/c1-8(2,3)11-6-7(10)4-5-9/h4,6H,5H2,1-3H3/b7-4-,11-6?. The molecule has 1 nitrogen and oxygen atoms in total. The maximum atomic E-state index is 5.71. The van der Waals surface area contributed by atoms with Crippen molar-refractivity contribution in [2.45, 2.75) is 26.3 Å². The molecule has 0 saturated carbocycles. The summed E-state index contributed by atoms with van der Waals surface area (Å²) >= 11 is 11.1. The first-order valence-corrected chi connectivity index (χ1v) is 4.34. The van der Waals surface area contributed by atoms with E-state index in [1.807, 2.05) is 20.8 Å². The Morgan fingerprint density at radius 2 is 2.00 bits per heavy atom. The maximum Gasteiger partial charge on any atom is 0.0556 e. The summed E-state index contributed by atoms with van der Waals surface area (Å²) in [4.78, 5) is 4.19. The minimum atomic E-state index is -0.0692. The Kier molecular flexibility index (Phi) is 4.78. The molecule has 0 fully saturated rings. The van der Waals surface area contributed by atoms with Gasteiger partial charge < -0.3 is 0 Å². The third-order valence-corrected chi connectivity index (χ3v) is 1.25. The number of aliphatic imine (C=N–C) groups is 1. The van der Waals surface area contributed by atoms with E-state index in [1.165, 1.54) is 0 Å². The Balaban J connectivity index is 4.03. The molecule has 0 heterocycles. The van der Waals surface area contributed by atoms with Gasteiger partial charge in [-0.25, -0.2) is 0 Å². The van der Waals surface area contributed by atoms with E-state index in [4.69, 9.17) is 23.2 Å². The molecular formula is C8H13Cl2N. The highest BCUT2D eigenvalue weighted by Gasteiger charge is 2.04. The lowest BCUT2D eigenvalue weighted by Gasteiger charge is -2.10. The third kappa shape index (κ3) is 7.89. The Labute approximate surface area is 78.1 Å². The second-order valence-electron chi connectivity index (χ2n) is 3.17. The van der Waals surface area contributed by atoms with Crippen LogP contribution < -0.4 is 0 Å². The van der Waals surface area contributed by atoms with Gasteiger partial charge in [-0.05, 0) is 26.8 Å². The fourth-order valence-corrected chi connectivity index (χ4v) is 0.753. The van der Waals surface area contributed by atoms with Crippen LogP contribution in [0.4, 0.5) is 0 Å². The highest BCUT2D eigenvalue weighted by Crippen LogP contribution is 2.07. The smallest absolute Gasteiger partial charge is 0.0556 e. The van der Waals surface area contributed by atoms with Crippen molar-refractivity contribution in [3.05, 3.63) is 11.1 Å².